The number of hydrogen-bond acceptors (Lipinski definition) is 3. The summed E-state index contributed by atoms with van der Waals surface area (Å²) < 4.78 is 0. The van der Waals surface area contributed by atoms with Crippen LogP contribution in [-0.4, -0.2) is 42.2 Å². The van der Waals surface area contributed by atoms with Crippen molar-refractivity contribution in [3.8, 4) is 11.8 Å². The van der Waals surface area contributed by atoms with E-state index >= 15 is 0 Å². The van der Waals surface area contributed by atoms with Crippen molar-refractivity contribution < 1.29 is 9.90 Å². The smallest absolute Gasteiger partial charge is 0.253 e. The molecular weight excluding hydrogens is 252 g/mol. The van der Waals surface area contributed by atoms with Crippen LogP contribution in [0.1, 0.15) is 28.8 Å². The van der Waals surface area contributed by atoms with Gasteiger partial charge in [0.25, 0.3) is 5.91 Å². The third kappa shape index (κ3) is 3.60. The number of hydrogen-bond donors (Lipinski definition) is 2. The molecule has 1 amide bonds. The Morgan fingerprint density at radius 2 is 2.15 bits per heavy atom. The van der Waals surface area contributed by atoms with Crippen LogP contribution in [0.2, 0.25) is 0 Å². The van der Waals surface area contributed by atoms with Gasteiger partial charge in [0.1, 0.15) is 0 Å². The fraction of sp³-hybridized carbons (Fsp3) is 0.438. The van der Waals surface area contributed by atoms with Gasteiger partial charge in [-0.15, -0.1) is 0 Å². The van der Waals surface area contributed by atoms with Crippen LogP contribution in [0, 0.1) is 17.8 Å². The second-order valence-electron chi connectivity index (χ2n) is 5.00. The van der Waals surface area contributed by atoms with Gasteiger partial charge >= 0.3 is 0 Å². The number of aliphatic hydroxyl groups is 1. The van der Waals surface area contributed by atoms with E-state index in [0.717, 1.165) is 18.4 Å². The molecule has 1 aromatic carbocycles. The number of carbonyl (C=O) groups excluding carboxylic acids is 1. The highest BCUT2D eigenvalue weighted by atomic mass is 16.3. The first-order valence-electron chi connectivity index (χ1n) is 6.93. The Morgan fingerprint density at radius 3 is 2.80 bits per heavy atom. The summed E-state index contributed by atoms with van der Waals surface area (Å²) in [4.78, 5) is 14.3. The first-order chi connectivity index (χ1) is 9.74. The van der Waals surface area contributed by atoms with Gasteiger partial charge in [-0.25, -0.2) is 0 Å². The van der Waals surface area contributed by atoms with Gasteiger partial charge in [-0.1, -0.05) is 17.9 Å². The van der Waals surface area contributed by atoms with Crippen LogP contribution in [0.5, 0.6) is 0 Å². The van der Waals surface area contributed by atoms with E-state index in [1.165, 1.54) is 0 Å². The summed E-state index contributed by atoms with van der Waals surface area (Å²) in [5.74, 6) is 6.10. The third-order valence-electron chi connectivity index (χ3n) is 3.60. The van der Waals surface area contributed by atoms with Gasteiger partial charge in [-0.05, 0) is 37.0 Å². The monoisotopic (exact) mass is 272 g/mol. The van der Waals surface area contributed by atoms with E-state index in [-0.39, 0.29) is 12.5 Å². The van der Waals surface area contributed by atoms with Crippen molar-refractivity contribution in [3.05, 3.63) is 35.4 Å². The number of benzene rings is 1. The summed E-state index contributed by atoms with van der Waals surface area (Å²) in [6.07, 6.45) is 1.74. The Bertz CT molecular complexity index is 523. The standard InChI is InChI=1S/C16H20N2O2/c17-8-2-4-13-3-1-5-15(11-13)16(20)18-9-6-14(12-19)7-10-18/h1,3,5,11,14,19H,6-10,12,17H2. The molecule has 3 N–H and O–H groups in total. The summed E-state index contributed by atoms with van der Waals surface area (Å²) in [5, 5.41) is 9.12. The zero-order chi connectivity index (χ0) is 14.4. The topological polar surface area (TPSA) is 66.6 Å². The largest absolute Gasteiger partial charge is 0.396 e. The number of amides is 1. The number of aliphatic hydroxyl groups excluding tert-OH is 1. The summed E-state index contributed by atoms with van der Waals surface area (Å²) in [7, 11) is 0. The third-order valence-corrected chi connectivity index (χ3v) is 3.60. The van der Waals surface area contributed by atoms with E-state index in [4.69, 9.17) is 10.8 Å². The molecule has 1 aliphatic rings. The maximum Gasteiger partial charge on any atom is 0.253 e. The minimum Gasteiger partial charge on any atom is -0.396 e. The lowest BCUT2D eigenvalue weighted by Gasteiger charge is -2.31. The predicted molar refractivity (Wildman–Crippen MR) is 78.1 cm³/mol. The van der Waals surface area contributed by atoms with E-state index < -0.39 is 0 Å². The van der Waals surface area contributed by atoms with E-state index in [0.29, 0.717) is 31.1 Å². The lowest BCUT2D eigenvalue weighted by atomic mass is 9.97. The molecule has 0 unspecified atom stereocenters. The van der Waals surface area contributed by atoms with E-state index in [1.807, 2.05) is 29.2 Å². The molecule has 0 atom stereocenters. The van der Waals surface area contributed by atoms with Crippen LogP contribution in [0.15, 0.2) is 24.3 Å². The summed E-state index contributed by atoms with van der Waals surface area (Å²) >= 11 is 0. The highest BCUT2D eigenvalue weighted by Crippen LogP contribution is 2.18. The maximum absolute atomic E-state index is 12.4. The molecule has 1 fully saturated rings. The molecule has 4 heteroatoms. The molecule has 0 aromatic heterocycles. The highest BCUT2D eigenvalue weighted by Gasteiger charge is 2.23. The average Bonchev–Trinajstić information content (AvgIpc) is 2.52. The number of carbonyl (C=O) groups is 1. The van der Waals surface area contributed by atoms with Gasteiger partial charge in [0.15, 0.2) is 0 Å². The number of nitrogens with two attached hydrogens (primary N) is 1. The van der Waals surface area contributed by atoms with Crippen LogP contribution < -0.4 is 5.73 Å². The van der Waals surface area contributed by atoms with Crippen molar-refractivity contribution in [1.82, 2.24) is 4.90 Å². The van der Waals surface area contributed by atoms with E-state index in [9.17, 15) is 4.79 Å². The molecule has 0 aliphatic carbocycles. The average molecular weight is 272 g/mol. The first kappa shape index (κ1) is 14.6. The van der Waals surface area contributed by atoms with Gasteiger partial charge in [0, 0.05) is 30.8 Å². The van der Waals surface area contributed by atoms with Crippen molar-refractivity contribution in [1.29, 1.82) is 0 Å². The van der Waals surface area contributed by atoms with Crippen molar-refractivity contribution in [2.75, 3.05) is 26.2 Å². The lowest BCUT2D eigenvalue weighted by molar-refractivity contribution is 0.0651. The Hall–Kier alpha value is -1.83. The summed E-state index contributed by atoms with van der Waals surface area (Å²) in [6, 6.07) is 7.34. The van der Waals surface area contributed by atoms with Crippen molar-refractivity contribution >= 4 is 5.91 Å². The van der Waals surface area contributed by atoms with Gasteiger partial charge in [0.05, 0.1) is 6.54 Å². The zero-order valence-corrected chi connectivity index (χ0v) is 11.5. The molecule has 2 rings (SSSR count). The predicted octanol–water partition coefficient (Wildman–Crippen LogP) is 0.841. The SMILES string of the molecule is NCC#Cc1cccc(C(=O)N2CCC(CO)CC2)c1. The molecule has 1 aliphatic heterocycles. The molecule has 1 heterocycles. The fourth-order valence-corrected chi connectivity index (χ4v) is 2.38. The van der Waals surface area contributed by atoms with E-state index in [1.54, 1.807) is 0 Å². The molecule has 0 radical (unpaired) electrons. The number of piperidine rings is 1. The molecular formula is C16H20N2O2. The molecule has 0 saturated carbocycles. The molecule has 0 bridgehead atoms. The second-order valence-corrected chi connectivity index (χ2v) is 5.00. The molecule has 20 heavy (non-hydrogen) atoms. The van der Waals surface area contributed by atoms with Gasteiger partial charge < -0.3 is 15.7 Å². The normalized spacial score (nSPS) is 15.6. The Morgan fingerprint density at radius 1 is 1.40 bits per heavy atom. The Balaban J connectivity index is 2.06. The molecule has 1 saturated heterocycles. The van der Waals surface area contributed by atoms with E-state index in [2.05, 4.69) is 11.8 Å². The van der Waals surface area contributed by atoms with Gasteiger partial charge in [0.2, 0.25) is 0 Å². The highest BCUT2D eigenvalue weighted by molar-refractivity contribution is 5.94. The van der Waals surface area contributed by atoms with Crippen LogP contribution in [-0.2, 0) is 0 Å². The van der Waals surface area contributed by atoms with Crippen molar-refractivity contribution in [2.24, 2.45) is 11.7 Å². The molecule has 106 valence electrons. The minimum absolute atomic E-state index is 0.0396. The quantitative estimate of drug-likeness (QED) is 0.784. The first-order valence-corrected chi connectivity index (χ1v) is 6.93. The summed E-state index contributed by atoms with van der Waals surface area (Å²) in [5.41, 5.74) is 6.82. The number of nitrogens with zero attached hydrogens (tertiary/aromatic N) is 1. The minimum atomic E-state index is 0.0396. The van der Waals surface area contributed by atoms with Crippen LogP contribution in [0.25, 0.3) is 0 Å². The van der Waals surface area contributed by atoms with Gasteiger partial charge in [-0.3, -0.25) is 4.79 Å². The van der Waals surface area contributed by atoms with Crippen molar-refractivity contribution in [2.45, 2.75) is 12.8 Å². The lowest BCUT2D eigenvalue weighted by Crippen LogP contribution is -2.39. The Labute approximate surface area is 119 Å². The number of rotatable bonds is 2. The second kappa shape index (κ2) is 7.09. The zero-order valence-electron chi connectivity index (χ0n) is 11.5. The van der Waals surface area contributed by atoms with Crippen LogP contribution in [0.4, 0.5) is 0 Å². The van der Waals surface area contributed by atoms with Crippen LogP contribution in [0.3, 0.4) is 0 Å². The number of likely N-dealkylation sites (tertiary alicyclic amines) is 1. The van der Waals surface area contributed by atoms with Crippen LogP contribution >= 0.6 is 0 Å². The molecule has 1 aromatic rings. The molecule has 0 spiro atoms. The fourth-order valence-electron chi connectivity index (χ4n) is 2.38. The maximum atomic E-state index is 12.4. The molecule has 4 nitrogen and oxygen atoms in total. The van der Waals surface area contributed by atoms with Gasteiger partial charge in [-0.2, -0.15) is 0 Å². The summed E-state index contributed by atoms with van der Waals surface area (Å²) in [6.45, 7) is 1.95. The van der Waals surface area contributed by atoms with Crippen molar-refractivity contribution in [3.63, 3.8) is 0 Å². The Kier molecular flexibility index (Phi) is 5.16.